The summed E-state index contributed by atoms with van der Waals surface area (Å²) in [6, 6.07) is 3.90. The Hall–Kier alpha value is -1.62. The lowest BCUT2D eigenvalue weighted by molar-refractivity contribution is 0.0629. The van der Waals surface area contributed by atoms with Crippen LogP contribution in [-0.2, 0) is 0 Å². The van der Waals surface area contributed by atoms with Crippen molar-refractivity contribution < 1.29 is 4.79 Å². The number of thiophene rings is 1. The number of nitrogens with zero attached hydrogens (tertiary/aromatic N) is 2. The zero-order chi connectivity index (χ0) is 15.1. The number of nitrogen functional groups attached to an aromatic ring is 1. The molecule has 0 spiro atoms. The van der Waals surface area contributed by atoms with E-state index >= 15 is 0 Å². The maximum atomic E-state index is 12.8. The van der Waals surface area contributed by atoms with Crippen molar-refractivity contribution in [3.05, 3.63) is 22.7 Å². The predicted molar refractivity (Wildman–Crippen MR) is 87.6 cm³/mol. The van der Waals surface area contributed by atoms with Crippen LogP contribution in [-0.4, -0.2) is 28.9 Å². The third kappa shape index (κ3) is 2.62. The van der Waals surface area contributed by atoms with Gasteiger partial charge in [-0.05, 0) is 37.3 Å². The first-order valence-electron chi connectivity index (χ1n) is 7.40. The molecule has 1 amide bonds. The van der Waals surface area contributed by atoms with Gasteiger partial charge in [0.2, 0.25) is 0 Å². The second-order valence-corrected chi connectivity index (χ2v) is 7.31. The zero-order valence-electron chi connectivity index (χ0n) is 12.7. The smallest absolute Gasteiger partial charge is 0.266 e. The van der Waals surface area contributed by atoms with E-state index in [4.69, 9.17) is 5.73 Å². The molecule has 112 valence electrons. The summed E-state index contributed by atoms with van der Waals surface area (Å²) in [5, 5.41) is 0.895. The van der Waals surface area contributed by atoms with Crippen LogP contribution < -0.4 is 5.73 Å². The van der Waals surface area contributed by atoms with Gasteiger partial charge in [-0.2, -0.15) is 0 Å². The molecule has 2 unspecified atom stereocenters. The van der Waals surface area contributed by atoms with Crippen molar-refractivity contribution in [2.75, 3.05) is 18.8 Å². The molecule has 1 fully saturated rings. The molecule has 1 aliphatic rings. The number of likely N-dealkylation sites (tertiary alicyclic amines) is 1. The van der Waals surface area contributed by atoms with Crippen LogP contribution in [0.4, 0.5) is 5.69 Å². The fourth-order valence-electron chi connectivity index (χ4n) is 3.22. The van der Waals surface area contributed by atoms with Crippen LogP contribution in [0.1, 0.15) is 35.6 Å². The number of aryl methyl sites for hydroxylation is 1. The van der Waals surface area contributed by atoms with Gasteiger partial charge in [-0.25, -0.2) is 4.98 Å². The minimum Gasteiger partial charge on any atom is -0.397 e. The Morgan fingerprint density at radius 3 is 2.67 bits per heavy atom. The van der Waals surface area contributed by atoms with Gasteiger partial charge in [0.15, 0.2) is 0 Å². The van der Waals surface area contributed by atoms with E-state index in [9.17, 15) is 4.79 Å². The molecule has 4 nitrogen and oxygen atoms in total. The number of carbonyl (C=O) groups is 1. The maximum absolute atomic E-state index is 12.8. The van der Waals surface area contributed by atoms with E-state index in [0.717, 1.165) is 29.0 Å². The average molecular weight is 303 g/mol. The molecule has 0 saturated carbocycles. The number of amides is 1. The fourth-order valence-corrected chi connectivity index (χ4v) is 4.33. The van der Waals surface area contributed by atoms with E-state index in [-0.39, 0.29) is 5.91 Å². The van der Waals surface area contributed by atoms with E-state index in [1.165, 1.54) is 17.8 Å². The van der Waals surface area contributed by atoms with Crippen LogP contribution in [0.15, 0.2) is 12.1 Å². The zero-order valence-corrected chi connectivity index (χ0v) is 13.5. The first kappa shape index (κ1) is 14.3. The summed E-state index contributed by atoms with van der Waals surface area (Å²) in [5.41, 5.74) is 7.72. The monoisotopic (exact) mass is 303 g/mol. The molecule has 0 bridgehead atoms. The van der Waals surface area contributed by atoms with Crippen LogP contribution in [0.3, 0.4) is 0 Å². The lowest BCUT2D eigenvalue weighted by atomic mass is 9.92. The summed E-state index contributed by atoms with van der Waals surface area (Å²) in [6.45, 7) is 8.00. The molecule has 2 aromatic heterocycles. The quantitative estimate of drug-likeness (QED) is 0.879. The van der Waals surface area contributed by atoms with E-state index in [1.807, 2.05) is 24.0 Å². The topological polar surface area (TPSA) is 59.2 Å². The summed E-state index contributed by atoms with van der Waals surface area (Å²) in [5.74, 6) is 1.16. The van der Waals surface area contributed by atoms with Crippen LogP contribution in [0.2, 0.25) is 0 Å². The summed E-state index contributed by atoms with van der Waals surface area (Å²) >= 11 is 1.41. The number of piperidine rings is 1. The average Bonchev–Trinajstić information content (AvgIpc) is 2.73. The van der Waals surface area contributed by atoms with Crippen LogP contribution in [0, 0.1) is 18.8 Å². The molecular formula is C16H21N3OS. The van der Waals surface area contributed by atoms with Gasteiger partial charge in [0.25, 0.3) is 5.91 Å². The first-order valence-corrected chi connectivity index (χ1v) is 8.22. The van der Waals surface area contributed by atoms with Gasteiger partial charge in [0.05, 0.1) is 5.69 Å². The molecule has 2 atom stereocenters. The molecule has 0 aromatic carbocycles. The first-order chi connectivity index (χ1) is 9.95. The van der Waals surface area contributed by atoms with E-state index in [2.05, 4.69) is 18.8 Å². The summed E-state index contributed by atoms with van der Waals surface area (Å²) in [7, 11) is 0. The van der Waals surface area contributed by atoms with Crippen LogP contribution >= 0.6 is 11.3 Å². The largest absolute Gasteiger partial charge is 0.397 e. The summed E-state index contributed by atoms with van der Waals surface area (Å²) in [6.07, 6.45) is 1.19. The Labute approximate surface area is 129 Å². The van der Waals surface area contributed by atoms with Crippen molar-refractivity contribution in [1.29, 1.82) is 0 Å². The maximum Gasteiger partial charge on any atom is 0.266 e. The highest BCUT2D eigenvalue weighted by Crippen LogP contribution is 2.34. The normalized spacial score (nSPS) is 22.7. The Morgan fingerprint density at radius 2 is 2.00 bits per heavy atom. The molecule has 1 saturated heterocycles. The molecule has 2 aromatic rings. The number of nitrogens with two attached hydrogens (primary N) is 1. The number of pyridine rings is 1. The van der Waals surface area contributed by atoms with Gasteiger partial charge in [-0.1, -0.05) is 13.8 Å². The second kappa shape index (κ2) is 5.30. The van der Waals surface area contributed by atoms with E-state index in [1.54, 1.807) is 0 Å². The highest BCUT2D eigenvalue weighted by Gasteiger charge is 2.28. The minimum absolute atomic E-state index is 0.0616. The van der Waals surface area contributed by atoms with Gasteiger partial charge in [0, 0.05) is 24.2 Å². The van der Waals surface area contributed by atoms with Crippen LogP contribution in [0.25, 0.3) is 10.2 Å². The van der Waals surface area contributed by atoms with E-state index < -0.39 is 0 Å². The van der Waals surface area contributed by atoms with E-state index in [0.29, 0.717) is 22.4 Å². The van der Waals surface area contributed by atoms with Crippen molar-refractivity contribution >= 4 is 33.1 Å². The molecule has 2 N–H and O–H groups in total. The highest BCUT2D eigenvalue weighted by atomic mass is 32.1. The summed E-state index contributed by atoms with van der Waals surface area (Å²) < 4.78 is 0. The Balaban J connectivity index is 1.96. The van der Waals surface area contributed by atoms with Crippen molar-refractivity contribution in [2.24, 2.45) is 11.8 Å². The Bertz CT molecular complexity index is 684. The number of carbonyl (C=O) groups excluding carboxylic acids is 1. The third-order valence-electron chi connectivity index (χ3n) is 4.08. The number of anilines is 1. The molecule has 0 radical (unpaired) electrons. The van der Waals surface area contributed by atoms with Gasteiger partial charge in [-0.15, -0.1) is 11.3 Å². The number of fused-ring (bicyclic) bond motifs is 1. The molecule has 3 rings (SSSR count). The number of aromatic nitrogens is 1. The number of hydrogen-bond donors (Lipinski definition) is 1. The highest BCUT2D eigenvalue weighted by molar-refractivity contribution is 7.21. The SMILES string of the molecule is Cc1ccc2c(N)c(C(=O)N3CC(C)CC(C)C3)sc2n1. The van der Waals surface area contributed by atoms with Gasteiger partial charge in [0.1, 0.15) is 9.71 Å². The number of hydrogen-bond acceptors (Lipinski definition) is 4. The van der Waals surface area contributed by atoms with Gasteiger partial charge < -0.3 is 10.6 Å². The lowest BCUT2D eigenvalue weighted by Gasteiger charge is -2.34. The molecule has 21 heavy (non-hydrogen) atoms. The molecule has 5 heteroatoms. The molecule has 0 aliphatic carbocycles. The minimum atomic E-state index is 0.0616. The molecule has 1 aliphatic heterocycles. The van der Waals surface area contributed by atoms with Crippen LogP contribution in [0.5, 0.6) is 0 Å². The van der Waals surface area contributed by atoms with Crippen molar-refractivity contribution in [1.82, 2.24) is 9.88 Å². The lowest BCUT2D eigenvalue weighted by Crippen LogP contribution is -2.42. The van der Waals surface area contributed by atoms with Crippen molar-refractivity contribution in [3.8, 4) is 0 Å². The predicted octanol–water partition coefficient (Wildman–Crippen LogP) is 3.31. The van der Waals surface area contributed by atoms with Gasteiger partial charge in [-0.3, -0.25) is 4.79 Å². The Kier molecular flexibility index (Phi) is 3.61. The van der Waals surface area contributed by atoms with Crippen molar-refractivity contribution in [2.45, 2.75) is 27.2 Å². The van der Waals surface area contributed by atoms with Crippen molar-refractivity contribution in [3.63, 3.8) is 0 Å². The second-order valence-electron chi connectivity index (χ2n) is 6.31. The third-order valence-corrected chi connectivity index (χ3v) is 5.19. The summed E-state index contributed by atoms with van der Waals surface area (Å²) in [4.78, 5) is 20.7. The Morgan fingerprint density at radius 1 is 1.33 bits per heavy atom. The van der Waals surface area contributed by atoms with Gasteiger partial charge >= 0.3 is 0 Å². The molecule has 3 heterocycles. The fraction of sp³-hybridized carbons (Fsp3) is 0.500. The molecular weight excluding hydrogens is 282 g/mol. The standard InChI is InChI=1S/C16H21N3OS/c1-9-6-10(2)8-19(7-9)16(20)14-13(17)12-5-4-11(3)18-15(12)21-14/h4-5,9-10H,6-8,17H2,1-3H3. The number of rotatable bonds is 1.